The molecule has 0 atom stereocenters. The zero-order chi connectivity index (χ0) is 10.7. The first kappa shape index (κ1) is 9.26. The van der Waals surface area contributed by atoms with Crippen LogP contribution in [0.2, 0.25) is 0 Å². The summed E-state index contributed by atoms with van der Waals surface area (Å²) in [6.07, 6.45) is 3.01. The minimum Gasteiger partial charge on any atom is -0.455 e. The smallest absolute Gasteiger partial charge is 0.148 e. The third kappa shape index (κ3) is 1.80. The number of hydrogen-bond acceptors (Lipinski definition) is 5. The molecule has 0 aliphatic heterocycles. The van der Waals surface area contributed by atoms with Gasteiger partial charge in [-0.2, -0.15) is 10.2 Å². The van der Waals surface area contributed by atoms with E-state index in [4.69, 9.17) is 16.1 Å². The molecule has 0 spiro atoms. The van der Waals surface area contributed by atoms with Crippen molar-refractivity contribution in [1.29, 1.82) is 0 Å². The Labute approximate surface area is 86.0 Å². The molecule has 0 aliphatic carbocycles. The highest BCUT2D eigenvalue weighted by Crippen LogP contribution is 2.19. The van der Waals surface area contributed by atoms with Crippen LogP contribution < -0.4 is 11.7 Å². The summed E-state index contributed by atoms with van der Waals surface area (Å²) in [6.45, 7) is 0. The summed E-state index contributed by atoms with van der Waals surface area (Å²) in [6, 6.07) is 7.52. The number of nitrogens with zero attached hydrogens (tertiary/aromatic N) is 2. The number of benzene rings is 1. The van der Waals surface area contributed by atoms with Gasteiger partial charge in [0.2, 0.25) is 0 Å². The van der Waals surface area contributed by atoms with E-state index in [1.807, 2.05) is 24.3 Å². The van der Waals surface area contributed by atoms with Crippen LogP contribution in [0.1, 0.15) is 11.3 Å². The standard InChI is InChI=1S/C10H10N4O/c11-13-5-7-1-2-8-4-9(6-14-12)15-10(8)3-7/h1-6H,11-12H2/b13-5?,14-6-. The number of rotatable bonds is 2. The van der Waals surface area contributed by atoms with E-state index in [1.165, 1.54) is 6.21 Å². The van der Waals surface area contributed by atoms with Gasteiger partial charge in [0.25, 0.3) is 0 Å². The summed E-state index contributed by atoms with van der Waals surface area (Å²) in [5.74, 6) is 10.7. The van der Waals surface area contributed by atoms with Gasteiger partial charge < -0.3 is 16.1 Å². The van der Waals surface area contributed by atoms with Crippen LogP contribution in [0.5, 0.6) is 0 Å². The lowest BCUT2D eigenvalue weighted by Crippen LogP contribution is -1.84. The summed E-state index contributed by atoms with van der Waals surface area (Å²) in [7, 11) is 0. The molecular weight excluding hydrogens is 192 g/mol. The van der Waals surface area contributed by atoms with E-state index in [0.717, 1.165) is 16.5 Å². The second kappa shape index (κ2) is 3.83. The second-order valence-corrected chi connectivity index (χ2v) is 3.00. The highest BCUT2D eigenvalue weighted by Gasteiger charge is 2.01. The predicted octanol–water partition coefficient (Wildman–Crippen LogP) is 1.02. The molecule has 0 radical (unpaired) electrons. The molecule has 0 fully saturated rings. The predicted molar refractivity (Wildman–Crippen MR) is 59.8 cm³/mol. The Morgan fingerprint density at radius 1 is 1.07 bits per heavy atom. The van der Waals surface area contributed by atoms with Crippen LogP contribution in [0, 0.1) is 0 Å². The topological polar surface area (TPSA) is 89.9 Å². The summed E-state index contributed by atoms with van der Waals surface area (Å²) in [5, 5.41) is 7.82. The fraction of sp³-hybridized carbons (Fsp3) is 0. The number of furan rings is 1. The quantitative estimate of drug-likeness (QED) is 0.432. The van der Waals surface area contributed by atoms with Crippen molar-refractivity contribution >= 4 is 23.4 Å². The van der Waals surface area contributed by atoms with Gasteiger partial charge in [-0.1, -0.05) is 12.1 Å². The van der Waals surface area contributed by atoms with Gasteiger partial charge in [0.15, 0.2) is 0 Å². The molecular formula is C10H10N4O. The molecule has 1 aromatic carbocycles. The van der Waals surface area contributed by atoms with Gasteiger partial charge in [0.05, 0.1) is 12.4 Å². The van der Waals surface area contributed by atoms with E-state index in [2.05, 4.69) is 10.2 Å². The Bertz CT molecular complexity index is 517. The van der Waals surface area contributed by atoms with Crippen LogP contribution in [0.4, 0.5) is 0 Å². The molecule has 1 aromatic heterocycles. The third-order valence-corrected chi connectivity index (χ3v) is 1.99. The molecule has 5 heteroatoms. The molecule has 0 unspecified atom stereocenters. The van der Waals surface area contributed by atoms with Gasteiger partial charge in [-0.05, 0) is 17.7 Å². The van der Waals surface area contributed by atoms with Gasteiger partial charge in [0.1, 0.15) is 11.3 Å². The summed E-state index contributed by atoms with van der Waals surface area (Å²) in [5.41, 5.74) is 1.64. The molecule has 4 N–H and O–H groups in total. The van der Waals surface area contributed by atoms with E-state index in [9.17, 15) is 0 Å². The van der Waals surface area contributed by atoms with E-state index < -0.39 is 0 Å². The van der Waals surface area contributed by atoms with Crippen molar-refractivity contribution in [3.63, 3.8) is 0 Å². The molecule has 1 heterocycles. The Morgan fingerprint density at radius 3 is 2.60 bits per heavy atom. The maximum absolute atomic E-state index is 5.46. The highest BCUT2D eigenvalue weighted by molar-refractivity contribution is 5.91. The molecule has 0 saturated heterocycles. The van der Waals surface area contributed by atoms with Crippen LogP contribution in [0.3, 0.4) is 0 Å². The lowest BCUT2D eigenvalue weighted by Gasteiger charge is -1.90. The van der Waals surface area contributed by atoms with Crippen molar-refractivity contribution in [2.45, 2.75) is 0 Å². The van der Waals surface area contributed by atoms with E-state index >= 15 is 0 Å². The van der Waals surface area contributed by atoms with Crippen LogP contribution in [-0.2, 0) is 0 Å². The maximum atomic E-state index is 5.46. The van der Waals surface area contributed by atoms with Crippen LogP contribution >= 0.6 is 0 Å². The van der Waals surface area contributed by atoms with Crippen molar-refractivity contribution < 1.29 is 4.42 Å². The minimum atomic E-state index is 0.620. The summed E-state index contributed by atoms with van der Waals surface area (Å²) in [4.78, 5) is 0. The fourth-order valence-electron chi connectivity index (χ4n) is 1.37. The first-order valence-corrected chi connectivity index (χ1v) is 4.33. The summed E-state index contributed by atoms with van der Waals surface area (Å²) < 4.78 is 5.46. The van der Waals surface area contributed by atoms with Gasteiger partial charge in [-0.3, -0.25) is 0 Å². The Hall–Kier alpha value is -2.30. The number of hydrazone groups is 2. The normalized spacial score (nSPS) is 12.0. The van der Waals surface area contributed by atoms with Crippen LogP contribution in [0.15, 0.2) is 38.9 Å². The fourth-order valence-corrected chi connectivity index (χ4v) is 1.37. The molecule has 0 bridgehead atoms. The number of nitrogens with two attached hydrogens (primary N) is 2. The van der Waals surface area contributed by atoms with Gasteiger partial charge in [-0.15, -0.1) is 0 Å². The number of fused-ring (bicyclic) bond motifs is 1. The van der Waals surface area contributed by atoms with Crippen molar-refractivity contribution in [3.05, 3.63) is 35.6 Å². The monoisotopic (exact) mass is 202 g/mol. The van der Waals surface area contributed by atoms with Gasteiger partial charge in [0, 0.05) is 5.39 Å². The average molecular weight is 202 g/mol. The van der Waals surface area contributed by atoms with Gasteiger partial charge >= 0.3 is 0 Å². The van der Waals surface area contributed by atoms with Crippen LogP contribution in [0.25, 0.3) is 11.0 Å². The van der Waals surface area contributed by atoms with Crippen LogP contribution in [-0.4, -0.2) is 12.4 Å². The minimum absolute atomic E-state index is 0.620. The molecule has 0 saturated carbocycles. The molecule has 2 rings (SSSR count). The molecule has 0 amide bonds. The molecule has 2 aromatic rings. The maximum Gasteiger partial charge on any atom is 0.148 e. The molecule has 0 aliphatic rings. The molecule has 76 valence electrons. The molecule has 5 nitrogen and oxygen atoms in total. The van der Waals surface area contributed by atoms with E-state index in [-0.39, 0.29) is 0 Å². The average Bonchev–Trinajstić information content (AvgIpc) is 2.60. The van der Waals surface area contributed by atoms with Gasteiger partial charge in [-0.25, -0.2) is 0 Å². The lowest BCUT2D eigenvalue weighted by atomic mass is 10.2. The summed E-state index contributed by atoms with van der Waals surface area (Å²) >= 11 is 0. The van der Waals surface area contributed by atoms with Crippen molar-refractivity contribution in [3.8, 4) is 0 Å². The Morgan fingerprint density at radius 2 is 1.87 bits per heavy atom. The van der Waals surface area contributed by atoms with Crippen molar-refractivity contribution in [2.24, 2.45) is 21.9 Å². The molecule has 15 heavy (non-hydrogen) atoms. The zero-order valence-electron chi connectivity index (χ0n) is 7.92. The lowest BCUT2D eigenvalue weighted by molar-refractivity contribution is 0.607. The third-order valence-electron chi connectivity index (χ3n) is 1.99. The highest BCUT2D eigenvalue weighted by atomic mass is 16.3. The number of hydrogen-bond donors (Lipinski definition) is 2. The van der Waals surface area contributed by atoms with E-state index in [1.54, 1.807) is 6.21 Å². The Balaban J connectivity index is 2.51. The van der Waals surface area contributed by atoms with E-state index in [0.29, 0.717) is 5.76 Å². The first-order chi connectivity index (χ1) is 7.33. The zero-order valence-corrected chi connectivity index (χ0v) is 7.92. The largest absolute Gasteiger partial charge is 0.455 e. The second-order valence-electron chi connectivity index (χ2n) is 3.00. The van der Waals surface area contributed by atoms with Crippen molar-refractivity contribution in [1.82, 2.24) is 0 Å². The SMILES string of the molecule is NN=Cc1ccc2cc(/C=N\N)oc2c1. The van der Waals surface area contributed by atoms with Crippen molar-refractivity contribution in [2.75, 3.05) is 0 Å². The first-order valence-electron chi connectivity index (χ1n) is 4.33. The Kier molecular flexibility index (Phi) is 2.37.